The molecule has 0 saturated carbocycles. The first-order chi connectivity index (χ1) is 19.3. The average Bonchev–Trinajstić information content (AvgIpc) is 3.00. The first kappa shape index (κ1) is 23.2. The van der Waals surface area contributed by atoms with Crippen molar-refractivity contribution in [2.24, 2.45) is 0 Å². The van der Waals surface area contributed by atoms with Gasteiger partial charge in [-0.05, 0) is 69.8 Å². The van der Waals surface area contributed by atoms with Crippen LogP contribution in [0.4, 0.5) is 0 Å². The molecule has 3 aromatic carbocycles. The van der Waals surface area contributed by atoms with Gasteiger partial charge in [0.15, 0.2) is 0 Å². The zero-order valence-electron chi connectivity index (χ0n) is 21.4. The lowest BCUT2D eigenvalue weighted by Crippen LogP contribution is -2.13. The van der Waals surface area contributed by atoms with E-state index in [0.717, 1.165) is 17.1 Å². The second kappa shape index (κ2) is 10.1. The summed E-state index contributed by atoms with van der Waals surface area (Å²) in [6, 6.07) is 45.4. The molecule has 0 unspecified atom stereocenters. The Bertz CT molecular complexity index is 1450. The van der Waals surface area contributed by atoms with E-state index < -0.39 is 0 Å². The lowest BCUT2D eigenvalue weighted by Gasteiger charge is -2.26. The van der Waals surface area contributed by atoms with Crippen molar-refractivity contribution >= 4 is 0 Å². The van der Waals surface area contributed by atoms with Crippen LogP contribution in [-0.4, -0.2) is 15.0 Å². The van der Waals surface area contributed by atoms with Crippen LogP contribution >= 0.6 is 0 Å². The van der Waals surface area contributed by atoms with Gasteiger partial charge in [0.25, 0.3) is 0 Å². The van der Waals surface area contributed by atoms with E-state index in [0.29, 0.717) is 0 Å². The minimum atomic E-state index is -0.00219. The quantitative estimate of drug-likeness (QED) is 0.249. The molecule has 39 heavy (non-hydrogen) atoms. The smallest absolute Gasteiger partial charge is 0.0522 e. The average molecular weight is 502 g/mol. The van der Waals surface area contributed by atoms with Gasteiger partial charge in [0.2, 0.25) is 0 Å². The molecule has 0 saturated heterocycles. The van der Waals surface area contributed by atoms with Gasteiger partial charge >= 0.3 is 0 Å². The van der Waals surface area contributed by atoms with Crippen LogP contribution < -0.4 is 0 Å². The first-order valence-corrected chi connectivity index (χ1v) is 13.4. The van der Waals surface area contributed by atoms with E-state index in [1.54, 1.807) is 0 Å². The summed E-state index contributed by atoms with van der Waals surface area (Å²) in [6.07, 6.45) is 5.66. The molecule has 1 aliphatic carbocycles. The highest BCUT2D eigenvalue weighted by molar-refractivity contribution is 5.52. The Morgan fingerprint density at radius 2 is 0.590 bits per heavy atom. The molecule has 6 bridgehead atoms. The maximum absolute atomic E-state index is 4.83. The molecule has 0 atom stereocenters. The fourth-order valence-electron chi connectivity index (χ4n) is 6.00. The topological polar surface area (TPSA) is 38.7 Å². The SMILES string of the molecule is c1ccc(C2c3cccc(c3)C(c3ccccn3)c3cccc(c3)C(c3ccccn3)c3cccc2c3)nc1. The van der Waals surface area contributed by atoms with Crippen molar-refractivity contribution in [1.82, 2.24) is 15.0 Å². The Morgan fingerprint density at radius 1 is 0.308 bits per heavy atom. The summed E-state index contributed by atoms with van der Waals surface area (Å²) in [5.74, 6) is -0.00657. The van der Waals surface area contributed by atoms with Crippen LogP contribution in [0.25, 0.3) is 0 Å². The fraction of sp³-hybridized carbons (Fsp3) is 0.0833. The highest BCUT2D eigenvalue weighted by atomic mass is 14.7. The molecule has 0 aliphatic heterocycles. The van der Waals surface area contributed by atoms with Crippen LogP contribution in [0.1, 0.15) is 68.2 Å². The van der Waals surface area contributed by atoms with Crippen molar-refractivity contribution in [3.8, 4) is 0 Å². The number of nitrogens with zero attached hydrogens (tertiary/aromatic N) is 3. The van der Waals surface area contributed by atoms with E-state index in [2.05, 4.69) is 109 Å². The van der Waals surface area contributed by atoms with Crippen molar-refractivity contribution < 1.29 is 0 Å². The van der Waals surface area contributed by atoms with Crippen LogP contribution in [0.15, 0.2) is 146 Å². The summed E-state index contributed by atoms with van der Waals surface area (Å²) >= 11 is 0. The van der Waals surface area contributed by atoms with Gasteiger partial charge in [0.05, 0.1) is 34.8 Å². The molecule has 6 aromatic rings. The summed E-state index contributed by atoms with van der Waals surface area (Å²) < 4.78 is 0. The largest absolute Gasteiger partial charge is 0.260 e. The number of benzene rings is 3. The molecular formula is C36H27N3. The summed E-state index contributed by atoms with van der Waals surface area (Å²) in [5.41, 5.74) is 10.4. The van der Waals surface area contributed by atoms with E-state index in [1.165, 1.54) is 33.4 Å². The third-order valence-corrected chi connectivity index (χ3v) is 7.68. The Labute approximate surface area is 228 Å². The summed E-state index contributed by atoms with van der Waals surface area (Å²) in [7, 11) is 0. The molecule has 0 spiro atoms. The first-order valence-electron chi connectivity index (χ1n) is 13.4. The van der Waals surface area contributed by atoms with E-state index in [1.807, 2.05) is 36.8 Å². The van der Waals surface area contributed by atoms with Gasteiger partial charge in [-0.3, -0.25) is 15.0 Å². The van der Waals surface area contributed by atoms with Crippen LogP contribution in [-0.2, 0) is 0 Å². The Morgan fingerprint density at radius 3 is 0.821 bits per heavy atom. The van der Waals surface area contributed by atoms with Crippen molar-refractivity contribution in [2.75, 3.05) is 0 Å². The normalized spacial score (nSPS) is 18.0. The predicted molar refractivity (Wildman–Crippen MR) is 155 cm³/mol. The van der Waals surface area contributed by atoms with Crippen LogP contribution in [0.3, 0.4) is 0 Å². The highest BCUT2D eigenvalue weighted by Crippen LogP contribution is 2.40. The molecule has 3 aromatic heterocycles. The van der Waals surface area contributed by atoms with Crippen molar-refractivity contribution in [2.45, 2.75) is 17.8 Å². The molecule has 186 valence electrons. The molecule has 7 rings (SSSR count). The number of aromatic nitrogens is 3. The molecule has 0 N–H and O–H groups in total. The van der Waals surface area contributed by atoms with E-state index in [-0.39, 0.29) is 17.8 Å². The highest BCUT2D eigenvalue weighted by Gasteiger charge is 2.27. The molecule has 0 amide bonds. The fourth-order valence-corrected chi connectivity index (χ4v) is 6.00. The Kier molecular flexibility index (Phi) is 6.03. The number of fused-ring (bicyclic) bond motifs is 6. The van der Waals surface area contributed by atoms with Gasteiger partial charge < -0.3 is 0 Å². The van der Waals surface area contributed by atoms with Crippen LogP contribution in [0, 0.1) is 0 Å². The van der Waals surface area contributed by atoms with Gasteiger partial charge in [-0.15, -0.1) is 0 Å². The van der Waals surface area contributed by atoms with E-state index in [9.17, 15) is 0 Å². The second-order valence-corrected chi connectivity index (χ2v) is 10.1. The Hall–Kier alpha value is -4.89. The van der Waals surface area contributed by atoms with Gasteiger partial charge in [-0.1, -0.05) is 91.0 Å². The van der Waals surface area contributed by atoms with Gasteiger partial charge in [0.1, 0.15) is 0 Å². The van der Waals surface area contributed by atoms with E-state index in [4.69, 9.17) is 15.0 Å². The Balaban J connectivity index is 1.55. The second-order valence-electron chi connectivity index (χ2n) is 10.1. The van der Waals surface area contributed by atoms with Gasteiger partial charge in [-0.25, -0.2) is 0 Å². The molecule has 1 aliphatic rings. The van der Waals surface area contributed by atoms with Crippen LogP contribution in [0.5, 0.6) is 0 Å². The van der Waals surface area contributed by atoms with E-state index >= 15 is 0 Å². The zero-order valence-corrected chi connectivity index (χ0v) is 21.4. The van der Waals surface area contributed by atoms with Crippen molar-refractivity contribution in [3.05, 3.63) is 196 Å². The molecular weight excluding hydrogens is 474 g/mol. The van der Waals surface area contributed by atoms with Crippen molar-refractivity contribution in [3.63, 3.8) is 0 Å². The lowest BCUT2D eigenvalue weighted by molar-refractivity contribution is 0.861. The van der Waals surface area contributed by atoms with Gasteiger partial charge in [-0.2, -0.15) is 0 Å². The molecule has 3 heteroatoms. The number of pyridine rings is 3. The molecule has 0 fully saturated rings. The lowest BCUT2D eigenvalue weighted by atomic mass is 9.78. The van der Waals surface area contributed by atoms with Gasteiger partial charge in [0, 0.05) is 18.6 Å². The third kappa shape index (κ3) is 4.42. The van der Waals surface area contributed by atoms with Crippen LogP contribution in [0.2, 0.25) is 0 Å². The summed E-state index contributed by atoms with van der Waals surface area (Å²) in [6.45, 7) is 0. The zero-order chi connectivity index (χ0) is 26.0. The number of hydrogen-bond donors (Lipinski definition) is 0. The monoisotopic (exact) mass is 501 g/mol. The number of hydrogen-bond acceptors (Lipinski definition) is 3. The standard InChI is InChI=1S/C36H27N3/c1-4-19-37-31(16-1)34-25-10-7-12-27(22-25)35(32-17-2-5-20-38-32)29-14-9-15-30(24-29)36(33-18-3-6-21-39-33)28-13-8-11-26(34)23-28/h1-24,34-36H. The maximum atomic E-state index is 4.83. The van der Waals surface area contributed by atoms with Crippen molar-refractivity contribution in [1.29, 1.82) is 0 Å². The molecule has 3 nitrogen and oxygen atoms in total. The predicted octanol–water partition coefficient (Wildman–Crippen LogP) is 7.73. The third-order valence-electron chi connectivity index (χ3n) is 7.68. The number of rotatable bonds is 3. The minimum Gasteiger partial charge on any atom is -0.260 e. The molecule has 3 heterocycles. The summed E-state index contributed by atoms with van der Waals surface area (Å²) in [4.78, 5) is 14.5. The summed E-state index contributed by atoms with van der Waals surface area (Å²) in [5, 5.41) is 0. The molecule has 0 radical (unpaired) electrons. The minimum absolute atomic E-state index is 0.00219. The maximum Gasteiger partial charge on any atom is 0.0522 e.